The summed E-state index contributed by atoms with van der Waals surface area (Å²) in [6.45, 7) is -0.203. The second-order valence-corrected chi connectivity index (χ2v) is 6.29. The maximum Gasteiger partial charge on any atom is 0.265 e. The van der Waals surface area contributed by atoms with Gasteiger partial charge in [0.05, 0.1) is 5.69 Å². The fourth-order valence-corrected chi connectivity index (χ4v) is 2.66. The molecule has 23 heavy (non-hydrogen) atoms. The molecule has 0 saturated heterocycles. The highest BCUT2D eigenvalue weighted by Crippen LogP contribution is 2.34. The Morgan fingerprint density at radius 2 is 2.00 bits per heavy atom. The van der Waals surface area contributed by atoms with E-state index in [1.807, 2.05) is 12.1 Å². The smallest absolute Gasteiger partial charge is 0.265 e. The number of hydrogen-bond acceptors (Lipinski definition) is 3. The molecule has 118 valence electrons. The van der Waals surface area contributed by atoms with Crippen LogP contribution < -0.4 is 15.0 Å². The molecule has 1 N–H and O–H groups in total. The van der Waals surface area contributed by atoms with Crippen molar-refractivity contribution in [2.75, 3.05) is 23.4 Å². The van der Waals surface area contributed by atoms with Crippen molar-refractivity contribution in [2.45, 2.75) is 0 Å². The normalized spacial score (nSPS) is 13.3. The Kier molecular flexibility index (Phi) is 4.54. The second kappa shape index (κ2) is 6.60. The first kappa shape index (κ1) is 15.8. The van der Waals surface area contributed by atoms with Gasteiger partial charge in [0, 0.05) is 15.2 Å². The molecule has 0 unspecified atom stereocenters. The summed E-state index contributed by atoms with van der Waals surface area (Å²) in [7, 11) is 0. The van der Waals surface area contributed by atoms with Gasteiger partial charge >= 0.3 is 0 Å². The Balaban J connectivity index is 1.76. The van der Waals surface area contributed by atoms with Gasteiger partial charge in [0.1, 0.15) is 12.3 Å². The van der Waals surface area contributed by atoms with Crippen molar-refractivity contribution in [3.8, 4) is 5.75 Å². The predicted octanol–water partition coefficient (Wildman–Crippen LogP) is 3.47. The SMILES string of the molecule is O=C(CN1C(=O)COc2ccc(Cl)cc21)Nc1ccc(Br)cc1. The molecule has 0 bridgehead atoms. The van der Waals surface area contributed by atoms with E-state index in [4.69, 9.17) is 16.3 Å². The summed E-state index contributed by atoms with van der Waals surface area (Å²) in [5.74, 6) is -0.0512. The largest absolute Gasteiger partial charge is 0.482 e. The maximum absolute atomic E-state index is 12.2. The quantitative estimate of drug-likeness (QED) is 0.866. The molecule has 1 aliphatic heterocycles. The highest BCUT2D eigenvalue weighted by atomic mass is 79.9. The number of rotatable bonds is 3. The van der Waals surface area contributed by atoms with Crippen molar-refractivity contribution in [3.63, 3.8) is 0 Å². The third-order valence-corrected chi connectivity index (χ3v) is 4.06. The third kappa shape index (κ3) is 3.65. The number of benzene rings is 2. The average molecular weight is 396 g/mol. The summed E-state index contributed by atoms with van der Waals surface area (Å²) in [5.41, 5.74) is 1.16. The van der Waals surface area contributed by atoms with Crippen molar-refractivity contribution in [1.29, 1.82) is 0 Å². The average Bonchev–Trinajstić information content (AvgIpc) is 2.52. The molecule has 5 nitrogen and oxygen atoms in total. The van der Waals surface area contributed by atoms with Crippen LogP contribution in [0.3, 0.4) is 0 Å². The van der Waals surface area contributed by atoms with E-state index >= 15 is 0 Å². The van der Waals surface area contributed by atoms with Crippen LogP contribution >= 0.6 is 27.5 Å². The van der Waals surface area contributed by atoms with Crippen molar-refractivity contribution < 1.29 is 14.3 Å². The van der Waals surface area contributed by atoms with Gasteiger partial charge in [0.25, 0.3) is 5.91 Å². The van der Waals surface area contributed by atoms with Gasteiger partial charge < -0.3 is 10.1 Å². The molecule has 2 aromatic rings. The topological polar surface area (TPSA) is 58.6 Å². The van der Waals surface area contributed by atoms with Gasteiger partial charge in [-0.1, -0.05) is 27.5 Å². The monoisotopic (exact) mass is 394 g/mol. The molecule has 1 aliphatic rings. The molecule has 0 aliphatic carbocycles. The molecule has 3 rings (SSSR count). The van der Waals surface area contributed by atoms with Crippen LogP contribution in [-0.2, 0) is 9.59 Å². The number of anilines is 2. The summed E-state index contributed by atoms with van der Waals surface area (Å²) >= 11 is 9.30. The second-order valence-electron chi connectivity index (χ2n) is 4.94. The van der Waals surface area contributed by atoms with E-state index in [1.54, 1.807) is 30.3 Å². The Morgan fingerprint density at radius 1 is 1.26 bits per heavy atom. The Morgan fingerprint density at radius 3 is 2.74 bits per heavy atom. The van der Waals surface area contributed by atoms with Gasteiger partial charge in [-0.15, -0.1) is 0 Å². The Bertz CT molecular complexity index is 764. The predicted molar refractivity (Wildman–Crippen MR) is 92.1 cm³/mol. The molecule has 0 aromatic heterocycles. The summed E-state index contributed by atoms with van der Waals surface area (Å²) < 4.78 is 6.27. The summed E-state index contributed by atoms with van der Waals surface area (Å²) in [6, 6.07) is 12.2. The molecule has 2 amide bonds. The highest BCUT2D eigenvalue weighted by Gasteiger charge is 2.27. The molecule has 2 aromatic carbocycles. The number of nitrogens with one attached hydrogen (secondary N) is 1. The number of ether oxygens (including phenoxy) is 1. The lowest BCUT2D eigenvalue weighted by Gasteiger charge is -2.29. The van der Waals surface area contributed by atoms with E-state index in [1.165, 1.54) is 4.90 Å². The van der Waals surface area contributed by atoms with Crippen molar-refractivity contribution in [3.05, 3.63) is 52.0 Å². The zero-order valence-corrected chi connectivity index (χ0v) is 14.2. The Hall–Kier alpha value is -2.05. The number of carbonyl (C=O) groups is 2. The van der Waals surface area contributed by atoms with Crippen LogP contribution in [0.2, 0.25) is 5.02 Å². The molecular weight excluding hydrogens is 384 g/mol. The minimum Gasteiger partial charge on any atom is -0.482 e. The fraction of sp³-hybridized carbons (Fsp3) is 0.125. The first-order chi connectivity index (χ1) is 11.0. The van der Waals surface area contributed by atoms with Crippen LogP contribution in [0.15, 0.2) is 46.9 Å². The molecule has 1 heterocycles. The lowest BCUT2D eigenvalue weighted by molar-refractivity contribution is -0.123. The van der Waals surface area contributed by atoms with E-state index in [0.29, 0.717) is 22.1 Å². The van der Waals surface area contributed by atoms with Crippen LogP contribution in [0.5, 0.6) is 5.75 Å². The lowest BCUT2D eigenvalue weighted by atomic mass is 10.2. The van der Waals surface area contributed by atoms with Gasteiger partial charge in [-0.05, 0) is 42.5 Å². The molecule has 0 radical (unpaired) electrons. The Labute approximate surface area is 146 Å². The van der Waals surface area contributed by atoms with Gasteiger partial charge in [-0.3, -0.25) is 14.5 Å². The van der Waals surface area contributed by atoms with Crippen molar-refractivity contribution >= 4 is 50.7 Å². The number of halogens is 2. The summed E-state index contributed by atoms with van der Waals surface area (Å²) in [5, 5.41) is 3.23. The zero-order chi connectivity index (χ0) is 16.4. The molecule has 0 fully saturated rings. The van der Waals surface area contributed by atoms with Crippen LogP contribution in [-0.4, -0.2) is 25.0 Å². The maximum atomic E-state index is 12.2. The van der Waals surface area contributed by atoms with E-state index in [-0.39, 0.29) is 25.0 Å². The van der Waals surface area contributed by atoms with Gasteiger partial charge in [0.2, 0.25) is 5.91 Å². The first-order valence-corrected chi connectivity index (χ1v) is 7.98. The fourth-order valence-electron chi connectivity index (χ4n) is 2.23. The van der Waals surface area contributed by atoms with E-state index in [0.717, 1.165) is 4.47 Å². The minimum absolute atomic E-state index is 0.0970. The minimum atomic E-state index is -0.298. The highest BCUT2D eigenvalue weighted by molar-refractivity contribution is 9.10. The summed E-state index contributed by atoms with van der Waals surface area (Å²) in [6.07, 6.45) is 0. The van der Waals surface area contributed by atoms with Crippen LogP contribution in [0, 0.1) is 0 Å². The lowest BCUT2D eigenvalue weighted by Crippen LogP contribution is -2.43. The van der Waals surface area contributed by atoms with Crippen LogP contribution in [0.25, 0.3) is 0 Å². The molecular formula is C16H12BrClN2O3. The number of amides is 2. The molecule has 0 atom stereocenters. The molecule has 0 spiro atoms. The standard InChI is InChI=1S/C16H12BrClN2O3/c17-10-1-4-12(5-2-10)19-15(21)8-20-13-7-11(18)3-6-14(13)23-9-16(20)22/h1-7H,8-9H2,(H,19,21). The number of nitrogens with zero attached hydrogens (tertiary/aromatic N) is 1. The van der Waals surface area contributed by atoms with Crippen molar-refractivity contribution in [2.24, 2.45) is 0 Å². The van der Waals surface area contributed by atoms with E-state index < -0.39 is 0 Å². The number of hydrogen-bond donors (Lipinski definition) is 1. The van der Waals surface area contributed by atoms with Crippen molar-refractivity contribution in [1.82, 2.24) is 0 Å². The van der Waals surface area contributed by atoms with Crippen LogP contribution in [0.4, 0.5) is 11.4 Å². The van der Waals surface area contributed by atoms with Gasteiger partial charge in [-0.25, -0.2) is 0 Å². The van der Waals surface area contributed by atoms with E-state index in [9.17, 15) is 9.59 Å². The van der Waals surface area contributed by atoms with Gasteiger partial charge in [-0.2, -0.15) is 0 Å². The summed E-state index contributed by atoms with van der Waals surface area (Å²) in [4.78, 5) is 25.7. The molecule has 7 heteroatoms. The zero-order valence-electron chi connectivity index (χ0n) is 11.9. The first-order valence-electron chi connectivity index (χ1n) is 6.81. The van der Waals surface area contributed by atoms with Crippen LogP contribution in [0.1, 0.15) is 0 Å². The van der Waals surface area contributed by atoms with Gasteiger partial charge in [0.15, 0.2) is 6.61 Å². The third-order valence-electron chi connectivity index (χ3n) is 3.29. The number of carbonyl (C=O) groups excluding carboxylic acids is 2. The number of fused-ring (bicyclic) bond motifs is 1. The molecule has 0 saturated carbocycles. The van der Waals surface area contributed by atoms with E-state index in [2.05, 4.69) is 21.2 Å².